The molecule has 17 heavy (non-hydrogen) atoms. The fraction of sp³-hybridized carbons (Fsp3) is 0.923. The van der Waals surface area contributed by atoms with Gasteiger partial charge in [-0.3, -0.25) is 4.79 Å². The first-order valence-electron chi connectivity index (χ1n) is 6.81. The molecule has 2 rings (SSSR count). The van der Waals surface area contributed by atoms with Gasteiger partial charge in [-0.2, -0.15) is 0 Å². The molecule has 0 aliphatic carbocycles. The van der Waals surface area contributed by atoms with E-state index in [1.54, 1.807) is 0 Å². The van der Waals surface area contributed by atoms with Gasteiger partial charge in [-0.1, -0.05) is 19.8 Å². The Bertz CT molecular complexity index is 264. The molecular weight excluding hydrogens is 250 g/mol. The summed E-state index contributed by atoms with van der Waals surface area (Å²) in [6.07, 6.45) is 8.23. The first-order valence-corrected chi connectivity index (χ1v) is 8.78. The second kappa shape index (κ2) is 6.37. The molecule has 2 fully saturated rings. The van der Waals surface area contributed by atoms with Gasteiger partial charge < -0.3 is 5.32 Å². The number of hydrogen-bond acceptors (Lipinski definition) is 3. The number of hydrogen-bond donors (Lipinski definition) is 1. The molecule has 1 N–H and O–H groups in total. The molecule has 2 heterocycles. The van der Waals surface area contributed by atoms with Crippen LogP contribution in [-0.2, 0) is 4.79 Å². The van der Waals surface area contributed by atoms with Crippen LogP contribution in [0.4, 0.5) is 0 Å². The van der Waals surface area contributed by atoms with Crippen LogP contribution in [0.1, 0.15) is 51.9 Å². The van der Waals surface area contributed by atoms with Crippen LogP contribution >= 0.6 is 23.5 Å². The smallest absolute Gasteiger partial charge is 0.220 e. The van der Waals surface area contributed by atoms with E-state index in [9.17, 15) is 4.79 Å². The third kappa shape index (κ3) is 3.82. The summed E-state index contributed by atoms with van der Waals surface area (Å²) < 4.78 is 0.476. The van der Waals surface area contributed by atoms with Gasteiger partial charge in [0.1, 0.15) is 0 Å². The molecule has 0 saturated carbocycles. The van der Waals surface area contributed by atoms with Crippen molar-refractivity contribution in [2.75, 3.05) is 11.5 Å². The lowest BCUT2D eigenvalue weighted by atomic mass is 10.0. The lowest BCUT2D eigenvalue weighted by Gasteiger charge is -2.28. The molecule has 1 amide bonds. The fourth-order valence-electron chi connectivity index (χ4n) is 2.64. The van der Waals surface area contributed by atoms with Gasteiger partial charge in [0.2, 0.25) is 5.91 Å². The van der Waals surface area contributed by atoms with E-state index >= 15 is 0 Å². The number of amides is 1. The van der Waals surface area contributed by atoms with Crippen LogP contribution in [0, 0.1) is 0 Å². The molecule has 0 aromatic rings. The molecule has 0 aromatic heterocycles. The van der Waals surface area contributed by atoms with E-state index in [1.165, 1.54) is 43.6 Å². The average molecular weight is 273 g/mol. The molecular formula is C13H23NOS2. The van der Waals surface area contributed by atoms with Crippen molar-refractivity contribution >= 4 is 29.4 Å². The van der Waals surface area contributed by atoms with Crippen molar-refractivity contribution in [1.29, 1.82) is 0 Å². The summed E-state index contributed by atoms with van der Waals surface area (Å²) >= 11 is 4.33. The minimum absolute atomic E-state index is 0.254. The first kappa shape index (κ1) is 13.6. The quantitative estimate of drug-likeness (QED) is 0.804. The Labute approximate surface area is 113 Å². The van der Waals surface area contributed by atoms with Gasteiger partial charge in [-0.05, 0) is 25.7 Å². The zero-order valence-electron chi connectivity index (χ0n) is 10.7. The standard InChI is InChI=1S/C13H23NOS2/c1-2-3-7-13(16-9-10-17-13)8-6-11-4-5-12(15)14-11/h11H,2-10H2,1H3,(H,14,15). The van der Waals surface area contributed by atoms with E-state index in [0.717, 1.165) is 12.8 Å². The second-order valence-electron chi connectivity index (χ2n) is 5.05. The predicted octanol–water partition coefficient (Wildman–Crippen LogP) is 3.41. The monoisotopic (exact) mass is 273 g/mol. The van der Waals surface area contributed by atoms with Gasteiger partial charge in [-0.15, -0.1) is 23.5 Å². The number of carbonyl (C=O) groups is 1. The average Bonchev–Trinajstić information content (AvgIpc) is 2.94. The third-order valence-corrected chi connectivity index (χ3v) is 7.33. The Morgan fingerprint density at radius 3 is 2.71 bits per heavy atom. The van der Waals surface area contributed by atoms with E-state index in [0.29, 0.717) is 10.1 Å². The summed E-state index contributed by atoms with van der Waals surface area (Å²) in [5.74, 6) is 2.88. The lowest BCUT2D eigenvalue weighted by Crippen LogP contribution is -2.28. The van der Waals surface area contributed by atoms with Crippen LogP contribution in [0.3, 0.4) is 0 Å². The van der Waals surface area contributed by atoms with Crippen LogP contribution in [0.2, 0.25) is 0 Å². The largest absolute Gasteiger partial charge is 0.353 e. The van der Waals surface area contributed by atoms with Gasteiger partial charge in [0, 0.05) is 24.0 Å². The van der Waals surface area contributed by atoms with Crippen LogP contribution in [0.25, 0.3) is 0 Å². The Balaban J connectivity index is 1.79. The number of carbonyl (C=O) groups excluding carboxylic acids is 1. The van der Waals surface area contributed by atoms with E-state index in [4.69, 9.17) is 0 Å². The highest BCUT2D eigenvalue weighted by atomic mass is 32.2. The molecule has 2 saturated heterocycles. The van der Waals surface area contributed by atoms with Gasteiger partial charge in [0.15, 0.2) is 0 Å². The summed E-state index contributed by atoms with van der Waals surface area (Å²) in [4.78, 5) is 11.2. The zero-order valence-corrected chi connectivity index (χ0v) is 12.3. The van der Waals surface area contributed by atoms with Crippen LogP contribution in [-0.4, -0.2) is 27.5 Å². The molecule has 0 bridgehead atoms. The van der Waals surface area contributed by atoms with Crippen molar-refractivity contribution in [2.45, 2.75) is 62.0 Å². The van der Waals surface area contributed by atoms with Gasteiger partial charge in [-0.25, -0.2) is 0 Å². The molecule has 1 unspecified atom stereocenters. The Morgan fingerprint density at radius 1 is 1.35 bits per heavy atom. The molecule has 4 heteroatoms. The summed E-state index contributed by atoms with van der Waals surface area (Å²) in [6, 6.07) is 0.461. The zero-order chi connectivity index (χ0) is 12.1. The molecule has 2 aliphatic rings. The third-order valence-electron chi connectivity index (χ3n) is 3.68. The van der Waals surface area contributed by atoms with E-state index in [2.05, 4.69) is 35.8 Å². The van der Waals surface area contributed by atoms with Gasteiger partial charge in [0.05, 0.1) is 4.08 Å². The van der Waals surface area contributed by atoms with Crippen LogP contribution in [0.15, 0.2) is 0 Å². The highest BCUT2D eigenvalue weighted by Crippen LogP contribution is 2.50. The normalized spacial score (nSPS) is 27.4. The highest BCUT2D eigenvalue weighted by molar-refractivity contribution is 8.21. The van der Waals surface area contributed by atoms with E-state index < -0.39 is 0 Å². The number of unbranched alkanes of at least 4 members (excludes halogenated alkanes) is 1. The SMILES string of the molecule is CCCCC1(CCC2CCC(=O)N2)SCCS1. The van der Waals surface area contributed by atoms with Crippen LogP contribution < -0.4 is 5.32 Å². The van der Waals surface area contributed by atoms with Crippen molar-refractivity contribution in [3.8, 4) is 0 Å². The van der Waals surface area contributed by atoms with Gasteiger partial charge in [0.25, 0.3) is 0 Å². The van der Waals surface area contributed by atoms with Crippen molar-refractivity contribution < 1.29 is 4.79 Å². The topological polar surface area (TPSA) is 29.1 Å². The molecule has 0 aromatic carbocycles. The van der Waals surface area contributed by atoms with Crippen molar-refractivity contribution in [3.63, 3.8) is 0 Å². The second-order valence-corrected chi connectivity index (χ2v) is 8.27. The van der Waals surface area contributed by atoms with Crippen molar-refractivity contribution in [3.05, 3.63) is 0 Å². The molecule has 2 aliphatic heterocycles. The summed E-state index contributed by atoms with van der Waals surface area (Å²) in [6.45, 7) is 2.27. The Morgan fingerprint density at radius 2 is 2.12 bits per heavy atom. The molecule has 2 nitrogen and oxygen atoms in total. The van der Waals surface area contributed by atoms with Gasteiger partial charge >= 0.3 is 0 Å². The Kier molecular flexibility index (Phi) is 5.10. The first-order chi connectivity index (χ1) is 8.24. The van der Waals surface area contributed by atoms with E-state index in [1.807, 2.05) is 0 Å². The summed E-state index contributed by atoms with van der Waals surface area (Å²) in [5.41, 5.74) is 0. The molecule has 98 valence electrons. The molecule has 0 radical (unpaired) electrons. The number of thioether (sulfide) groups is 2. The number of nitrogens with one attached hydrogen (secondary N) is 1. The highest BCUT2D eigenvalue weighted by Gasteiger charge is 2.35. The fourth-order valence-corrected chi connectivity index (χ4v) is 5.99. The molecule has 0 spiro atoms. The predicted molar refractivity (Wildman–Crippen MR) is 77.6 cm³/mol. The maximum Gasteiger partial charge on any atom is 0.220 e. The Hall–Kier alpha value is 0.170. The maximum atomic E-state index is 11.2. The molecule has 1 atom stereocenters. The minimum atomic E-state index is 0.254. The minimum Gasteiger partial charge on any atom is -0.353 e. The van der Waals surface area contributed by atoms with Crippen LogP contribution in [0.5, 0.6) is 0 Å². The summed E-state index contributed by atoms with van der Waals surface area (Å²) in [5, 5.41) is 3.09. The van der Waals surface area contributed by atoms with Crippen molar-refractivity contribution in [1.82, 2.24) is 5.32 Å². The lowest BCUT2D eigenvalue weighted by molar-refractivity contribution is -0.119. The van der Waals surface area contributed by atoms with E-state index in [-0.39, 0.29) is 5.91 Å². The summed E-state index contributed by atoms with van der Waals surface area (Å²) in [7, 11) is 0. The van der Waals surface area contributed by atoms with Crippen molar-refractivity contribution in [2.24, 2.45) is 0 Å². The maximum absolute atomic E-state index is 11.2. The number of rotatable bonds is 6.